The number of halogens is 1. The fourth-order valence-electron chi connectivity index (χ4n) is 4.54. The Kier molecular flexibility index (Phi) is 3.71. The summed E-state index contributed by atoms with van der Waals surface area (Å²) in [6, 6.07) is 18.2. The molecule has 0 spiro atoms. The smallest absolute Gasteiger partial charge is 0.0409 e. The molecule has 4 rings (SSSR count). The SMILES string of the molecule is CCN1CCC2c3ccc(Cl)cc3C(c3ccccc3)CC21. The highest BCUT2D eigenvalue weighted by atomic mass is 35.5. The van der Waals surface area contributed by atoms with Crippen molar-refractivity contribution in [2.24, 2.45) is 0 Å². The largest absolute Gasteiger partial charge is 0.300 e. The van der Waals surface area contributed by atoms with Crippen molar-refractivity contribution in [3.8, 4) is 0 Å². The van der Waals surface area contributed by atoms with Gasteiger partial charge in [0.25, 0.3) is 0 Å². The minimum Gasteiger partial charge on any atom is -0.300 e. The second-order valence-corrected chi connectivity index (χ2v) is 7.00. The van der Waals surface area contributed by atoms with Crippen molar-refractivity contribution in [3.05, 3.63) is 70.2 Å². The Hall–Kier alpha value is -1.31. The first kappa shape index (κ1) is 14.3. The Morgan fingerprint density at radius 3 is 2.68 bits per heavy atom. The van der Waals surface area contributed by atoms with Crippen molar-refractivity contribution >= 4 is 11.6 Å². The molecule has 22 heavy (non-hydrogen) atoms. The zero-order chi connectivity index (χ0) is 15.1. The molecule has 1 aliphatic carbocycles. The van der Waals surface area contributed by atoms with E-state index in [0.29, 0.717) is 17.9 Å². The molecule has 0 bridgehead atoms. The van der Waals surface area contributed by atoms with Crippen LogP contribution in [0, 0.1) is 0 Å². The van der Waals surface area contributed by atoms with Crippen LogP contribution in [0.15, 0.2) is 48.5 Å². The van der Waals surface area contributed by atoms with Crippen LogP contribution in [-0.4, -0.2) is 24.0 Å². The third kappa shape index (κ3) is 2.28. The van der Waals surface area contributed by atoms with Gasteiger partial charge in [-0.25, -0.2) is 0 Å². The molecule has 0 aromatic heterocycles. The molecule has 3 unspecified atom stereocenters. The lowest BCUT2D eigenvalue weighted by atomic mass is 9.71. The first-order valence-electron chi connectivity index (χ1n) is 8.36. The van der Waals surface area contributed by atoms with Gasteiger partial charge in [0.15, 0.2) is 0 Å². The van der Waals surface area contributed by atoms with Crippen LogP contribution in [0.5, 0.6) is 0 Å². The zero-order valence-corrected chi connectivity index (χ0v) is 13.8. The second-order valence-electron chi connectivity index (χ2n) is 6.56. The van der Waals surface area contributed by atoms with Crippen molar-refractivity contribution in [3.63, 3.8) is 0 Å². The zero-order valence-electron chi connectivity index (χ0n) is 13.0. The summed E-state index contributed by atoms with van der Waals surface area (Å²) in [5.74, 6) is 1.16. The van der Waals surface area contributed by atoms with E-state index in [2.05, 4.69) is 60.4 Å². The highest BCUT2D eigenvalue weighted by Crippen LogP contribution is 2.48. The maximum atomic E-state index is 6.32. The van der Waals surface area contributed by atoms with Gasteiger partial charge in [0, 0.05) is 22.9 Å². The number of nitrogens with zero attached hydrogens (tertiary/aromatic N) is 1. The van der Waals surface area contributed by atoms with E-state index in [1.165, 1.54) is 36.1 Å². The number of hydrogen-bond acceptors (Lipinski definition) is 1. The van der Waals surface area contributed by atoms with E-state index in [1.807, 2.05) is 0 Å². The lowest BCUT2D eigenvalue weighted by Crippen LogP contribution is -2.36. The first-order valence-corrected chi connectivity index (χ1v) is 8.74. The fraction of sp³-hybridized carbons (Fsp3) is 0.400. The lowest BCUT2D eigenvalue weighted by Gasteiger charge is -2.38. The van der Waals surface area contributed by atoms with Crippen LogP contribution in [0.1, 0.15) is 48.3 Å². The van der Waals surface area contributed by atoms with Gasteiger partial charge in [0.2, 0.25) is 0 Å². The normalized spacial score (nSPS) is 27.5. The van der Waals surface area contributed by atoms with E-state index in [0.717, 1.165) is 11.6 Å². The number of rotatable bonds is 2. The monoisotopic (exact) mass is 311 g/mol. The molecule has 1 fully saturated rings. The standard InChI is InChI=1S/C20H22ClN/c1-2-22-11-10-17-16-9-8-15(21)12-19(16)18(13-20(17)22)14-6-4-3-5-7-14/h3-9,12,17-18,20H,2,10-11,13H2,1H3. The van der Waals surface area contributed by atoms with Crippen LogP contribution in [0.3, 0.4) is 0 Å². The van der Waals surface area contributed by atoms with E-state index in [9.17, 15) is 0 Å². The average molecular weight is 312 g/mol. The molecule has 0 saturated carbocycles. The fourth-order valence-corrected chi connectivity index (χ4v) is 4.72. The minimum atomic E-state index is 0.475. The van der Waals surface area contributed by atoms with Crippen LogP contribution >= 0.6 is 11.6 Å². The van der Waals surface area contributed by atoms with Crippen LogP contribution in [0.2, 0.25) is 5.02 Å². The van der Waals surface area contributed by atoms with Gasteiger partial charge in [-0.3, -0.25) is 4.90 Å². The summed E-state index contributed by atoms with van der Waals surface area (Å²) in [6.07, 6.45) is 2.50. The molecule has 114 valence electrons. The molecule has 0 N–H and O–H groups in total. The van der Waals surface area contributed by atoms with Crippen molar-refractivity contribution in [2.75, 3.05) is 13.1 Å². The van der Waals surface area contributed by atoms with E-state index < -0.39 is 0 Å². The molecular formula is C20H22ClN. The highest BCUT2D eigenvalue weighted by molar-refractivity contribution is 6.30. The quantitative estimate of drug-likeness (QED) is 0.750. The molecule has 1 heterocycles. The number of likely N-dealkylation sites (tertiary alicyclic amines) is 1. The molecule has 0 amide bonds. The van der Waals surface area contributed by atoms with Crippen LogP contribution in [0.4, 0.5) is 0 Å². The molecular weight excluding hydrogens is 290 g/mol. The minimum absolute atomic E-state index is 0.475. The van der Waals surface area contributed by atoms with Gasteiger partial charge in [-0.15, -0.1) is 0 Å². The summed E-state index contributed by atoms with van der Waals surface area (Å²) in [5.41, 5.74) is 4.41. The van der Waals surface area contributed by atoms with Gasteiger partial charge < -0.3 is 0 Å². The molecule has 3 atom stereocenters. The van der Waals surface area contributed by atoms with E-state index in [1.54, 1.807) is 0 Å². The van der Waals surface area contributed by atoms with Gasteiger partial charge >= 0.3 is 0 Å². The van der Waals surface area contributed by atoms with Gasteiger partial charge in [-0.1, -0.05) is 54.9 Å². The lowest BCUT2D eigenvalue weighted by molar-refractivity contribution is 0.230. The summed E-state index contributed by atoms with van der Waals surface area (Å²) in [5, 5.41) is 0.864. The van der Waals surface area contributed by atoms with Crippen molar-refractivity contribution in [1.82, 2.24) is 4.90 Å². The molecule has 2 aromatic rings. The Morgan fingerprint density at radius 1 is 1.09 bits per heavy atom. The molecule has 2 aromatic carbocycles. The van der Waals surface area contributed by atoms with Gasteiger partial charge in [0.05, 0.1) is 0 Å². The van der Waals surface area contributed by atoms with E-state index >= 15 is 0 Å². The number of benzene rings is 2. The second kappa shape index (κ2) is 5.72. The maximum Gasteiger partial charge on any atom is 0.0409 e. The topological polar surface area (TPSA) is 3.24 Å². The van der Waals surface area contributed by atoms with Crippen molar-refractivity contribution in [1.29, 1.82) is 0 Å². The summed E-state index contributed by atoms with van der Waals surface area (Å²) in [6.45, 7) is 4.68. The Bertz CT molecular complexity index is 667. The summed E-state index contributed by atoms with van der Waals surface area (Å²) in [7, 11) is 0. The Balaban J connectivity index is 1.83. The predicted octanol–water partition coefficient (Wildman–Crippen LogP) is 5.05. The molecule has 2 aliphatic rings. The van der Waals surface area contributed by atoms with Crippen molar-refractivity contribution < 1.29 is 0 Å². The Labute approximate surface area is 137 Å². The van der Waals surface area contributed by atoms with Gasteiger partial charge in [-0.05, 0) is 54.8 Å². The highest BCUT2D eigenvalue weighted by Gasteiger charge is 2.41. The van der Waals surface area contributed by atoms with Gasteiger partial charge in [0.1, 0.15) is 0 Å². The summed E-state index contributed by atoms with van der Waals surface area (Å²) < 4.78 is 0. The average Bonchev–Trinajstić information content (AvgIpc) is 2.97. The third-order valence-electron chi connectivity index (χ3n) is 5.57. The number of fused-ring (bicyclic) bond motifs is 3. The third-order valence-corrected chi connectivity index (χ3v) is 5.80. The van der Waals surface area contributed by atoms with Gasteiger partial charge in [-0.2, -0.15) is 0 Å². The van der Waals surface area contributed by atoms with Crippen LogP contribution < -0.4 is 0 Å². The van der Waals surface area contributed by atoms with E-state index in [4.69, 9.17) is 11.6 Å². The number of likely N-dealkylation sites (N-methyl/N-ethyl adjacent to an activating group) is 1. The van der Waals surface area contributed by atoms with Crippen molar-refractivity contribution in [2.45, 2.75) is 37.6 Å². The Morgan fingerprint density at radius 2 is 1.91 bits per heavy atom. The molecule has 1 nitrogen and oxygen atoms in total. The molecule has 1 saturated heterocycles. The maximum absolute atomic E-state index is 6.32. The molecule has 2 heteroatoms. The van der Waals surface area contributed by atoms with Crippen LogP contribution in [0.25, 0.3) is 0 Å². The van der Waals surface area contributed by atoms with Crippen LogP contribution in [-0.2, 0) is 0 Å². The number of hydrogen-bond donors (Lipinski definition) is 0. The molecule has 1 aliphatic heterocycles. The predicted molar refractivity (Wildman–Crippen MR) is 92.7 cm³/mol. The first-order chi connectivity index (χ1) is 10.8. The van der Waals surface area contributed by atoms with E-state index in [-0.39, 0.29) is 0 Å². The summed E-state index contributed by atoms with van der Waals surface area (Å²) in [4.78, 5) is 2.66. The molecule has 0 radical (unpaired) electrons. The summed E-state index contributed by atoms with van der Waals surface area (Å²) >= 11 is 6.32.